The first-order chi connectivity index (χ1) is 10.2. The molecule has 21 heavy (non-hydrogen) atoms. The average Bonchev–Trinajstić information content (AvgIpc) is 3.34. The number of nitrogens with zero attached hydrogens (tertiary/aromatic N) is 1. The van der Waals surface area contributed by atoms with E-state index in [0.29, 0.717) is 25.1 Å². The van der Waals surface area contributed by atoms with E-state index in [0.717, 1.165) is 26.1 Å². The smallest absolute Gasteiger partial charge is 0.237 e. The number of methoxy groups -OCH3 is 1. The number of hydrogen-bond acceptors (Lipinski definition) is 4. The second-order valence-electron chi connectivity index (χ2n) is 6.45. The van der Waals surface area contributed by atoms with E-state index in [9.17, 15) is 4.79 Å². The Kier molecular flexibility index (Phi) is 6.93. The van der Waals surface area contributed by atoms with Crippen LogP contribution in [0, 0.1) is 5.92 Å². The van der Waals surface area contributed by atoms with Gasteiger partial charge in [-0.1, -0.05) is 0 Å². The Bertz CT molecular complexity index is 315. The molecule has 2 atom stereocenters. The Morgan fingerprint density at radius 1 is 1.43 bits per heavy atom. The van der Waals surface area contributed by atoms with Gasteiger partial charge in [-0.3, -0.25) is 9.69 Å². The van der Waals surface area contributed by atoms with Gasteiger partial charge in [-0.25, -0.2) is 0 Å². The molecule has 2 N–H and O–H groups in total. The molecule has 2 fully saturated rings. The topological polar surface area (TPSA) is 53.6 Å². The van der Waals surface area contributed by atoms with Crippen LogP contribution in [-0.4, -0.2) is 62.8 Å². The summed E-state index contributed by atoms with van der Waals surface area (Å²) in [7, 11) is 1.69. The number of hydrogen-bond donors (Lipinski definition) is 2. The molecule has 122 valence electrons. The number of carbonyl (C=O) groups is 1. The van der Waals surface area contributed by atoms with E-state index in [1.807, 2.05) is 0 Å². The predicted molar refractivity (Wildman–Crippen MR) is 84.3 cm³/mol. The zero-order valence-electron chi connectivity index (χ0n) is 13.6. The minimum atomic E-state index is -0.0121. The number of rotatable bonds is 9. The number of amides is 1. The summed E-state index contributed by atoms with van der Waals surface area (Å²) >= 11 is 0. The molecule has 1 aliphatic heterocycles. The van der Waals surface area contributed by atoms with Crippen LogP contribution >= 0.6 is 0 Å². The third-order valence-electron chi connectivity index (χ3n) is 4.59. The summed E-state index contributed by atoms with van der Waals surface area (Å²) in [6.07, 6.45) is 5.94. The highest BCUT2D eigenvalue weighted by Gasteiger charge is 2.36. The number of piperidine rings is 1. The second kappa shape index (κ2) is 8.71. The third kappa shape index (κ3) is 5.57. The van der Waals surface area contributed by atoms with Gasteiger partial charge in [-0.15, -0.1) is 0 Å². The average molecular weight is 297 g/mol. The van der Waals surface area contributed by atoms with E-state index < -0.39 is 0 Å². The molecule has 5 nitrogen and oxygen atoms in total. The molecular weight excluding hydrogens is 266 g/mol. The molecule has 0 aromatic rings. The Morgan fingerprint density at radius 3 is 2.86 bits per heavy atom. The van der Waals surface area contributed by atoms with Crippen LogP contribution in [0.2, 0.25) is 0 Å². The van der Waals surface area contributed by atoms with E-state index in [1.54, 1.807) is 7.11 Å². The lowest BCUT2D eigenvalue weighted by Crippen LogP contribution is -2.49. The molecule has 0 aromatic carbocycles. The predicted octanol–water partition coefficient (Wildman–Crippen LogP) is 0.992. The molecule has 0 radical (unpaired) electrons. The molecule has 0 bridgehead atoms. The van der Waals surface area contributed by atoms with Crippen LogP contribution in [0.4, 0.5) is 0 Å². The Balaban J connectivity index is 1.77. The number of carbonyl (C=O) groups excluding carboxylic acids is 1. The lowest BCUT2D eigenvalue weighted by molar-refractivity contribution is -0.126. The van der Waals surface area contributed by atoms with Crippen molar-refractivity contribution >= 4 is 5.91 Å². The maximum Gasteiger partial charge on any atom is 0.237 e. The van der Waals surface area contributed by atoms with Crippen molar-refractivity contribution in [3.05, 3.63) is 0 Å². The fourth-order valence-corrected chi connectivity index (χ4v) is 3.13. The lowest BCUT2D eigenvalue weighted by Gasteiger charge is -2.33. The highest BCUT2D eigenvalue weighted by atomic mass is 16.5. The van der Waals surface area contributed by atoms with Gasteiger partial charge in [0.1, 0.15) is 0 Å². The van der Waals surface area contributed by atoms with Crippen LogP contribution in [0.1, 0.15) is 39.0 Å². The quantitative estimate of drug-likeness (QED) is 0.623. The maximum atomic E-state index is 12.3. The first-order valence-electron chi connectivity index (χ1n) is 8.45. The zero-order chi connectivity index (χ0) is 15.1. The van der Waals surface area contributed by atoms with Crippen molar-refractivity contribution in [3.63, 3.8) is 0 Å². The fourth-order valence-electron chi connectivity index (χ4n) is 3.13. The van der Waals surface area contributed by atoms with Crippen LogP contribution < -0.4 is 10.6 Å². The van der Waals surface area contributed by atoms with E-state index >= 15 is 0 Å². The van der Waals surface area contributed by atoms with Gasteiger partial charge in [0.15, 0.2) is 0 Å². The largest absolute Gasteiger partial charge is 0.385 e. The van der Waals surface area contributed by atoms with Gasteiger partial charge in [0.05, 0.1) is 6.04 Å². The Morgan fingerprint density at radius 2 is 2.24 bits per heavy atom. The summed E-state index contributed by atoms with van der Waals surface area (Å²) < 4.78 is 5.01. The summed E-state index contributed by atoms with van der Waals surface area (Å²) in [5.74, 6) is 0.866. The molecule has 1 aliphatic carbocycles. The van der Waals surface area contributed by atoms with E-state index in [2.05, 4.69) is 22.5 Å². The van der Waals surface area contributed by atoms with Gasteiger partial charge in [-0.2, -0.15) is 0 Å². The van der Waals surface area contributed by atoms with Gasteiger partial charge in [0.2, 0.25) is 5.91 Å². The molecule has 5 heteroatoms. The molecule has 2 unspecified atom stereocenters. The van der Waals surface area contributed by atoms with Crippen molar-refractivity contribution in [3.8, 4) is 0 Å². The molecule has 1 saturated heterocycles. The molecule has 1 heterocycles. The van der Waals surface area contributed by atoms with Gasteiger partial charge in [0, 0.05) is 32.8 Å². The molecule has 2 aliphatic rings. The van der Waals surface area contributed by atoms with Crippen LogP contribution in [0.3, 0.4) is 0 Å². The van der Waals surface area contributed by atoms with Crippen molar-refractivity contribution in [1.82, 2.24) is 15.5 Å². The van der Waals surface area contributed by atoms with Gasteiger partial charge in [-0.05, 0) is 58.0 Å². The zero-order valence-corrected chi connectivity index (χ0v) is 13.6. The number of ether oxygens (including phenoxy) is 1. The van der Waals surface area contributed by atoms with Crippen molar-refractivity contribution in [1.29, 1.82) is 0 Å². The molecule has 0 spiro atoms. The Labute approximate surface area is 128 Å². The van der Waals surface area contributed by atoms with Crippen molar-refractivity contribution in [2.45, 2.75) is 51.1 Å². The van der Waals surface area contributed by atoms with Crippen LogP contribution in [-0.2, 0) is 9.53 Å². The highest BCUT2D eigenvalue weighted by Crippen LogP contribution is 2.30. The normalized spacial score (nSPS) is 24.0. The van der Waals surface area contributed by atoms with E-state index in [-0.39, 0.29) is 11.9 Å². The summed E-state index contributed by atoms with van der Waals surface area (Å²) in [6.45, 7) is 6.78. The molecular formula is C16H31N3O2. The monoisotopic (exact) mass is 297 g/mol. The fraction of sp³-hybridized carbons (Fsp3) is 0.938. The summed E-state index contributed by atoms with van der Waals surface area (Å²) in [5.41, 5.74) is 0. The van der Waals surface area contributed by atoms with Gasteiger partial charge in [0.25, 0.3) is 0 Å². The first kappa shape index (κ1) is 16.7. The summed E-state index contributed by atoms with van der Waals surface area (Å²) in [5, 5.41) is 6.52. The van der Waals surface area contributed by atoms with Crippen LogP contribution in [0.15, 0.2) is 0 Å². The van der Waals surface area contributed by atoms with Crippen molar-refractivity contribution in [2.24, 2.45) is 5.92 Å². The van der Waals surface area contributed by atoms with E-state index in [1.165, 1.54) is 25.7 Å². The summed E-state index contributed by atoms with van der Waals surface area (Å²) in [6, 6.07) is 0.619. The minimum Gasteiger partial charge on any atom is -0.385 e. The summed E-state index contributed by atoms with van der Waals surface area (Å²) in [4.78, 5) is 14.7. The third-order valence-corrected chi connectivity index (χ3v) is 4.59. The van der Waals surface area contributed by atoms with Gasteiger partial charge >= 0.3 is 0 Å². The van der Waals surface area contributed by atoms with E-state index in [4.69, 9.17) is 4.74 Å². The number of nitrogens with one attached hydrogen (secondary N) is 2. The SMILES string of the molecule is COCCCNC(=O)C(C)N(CC1CCCNC1)C1CC1. The van der Waals surface area contributed by atoms with Crippen molar-refractivity contribution in [2.75, 3.05) is 39.9 Å². The first-order valence-corrected chi connectivity index (χ1v) is 8.45. The Hall–Kier alpha value is -0.650. The van der Waals surface area contributed by atoms with Crippen LogP contribution in [0.25, 0.3) is 0 Å². The molecule has 1 saturated carbocycles. The second-order valence-corrected chi connectivity index (χ2v) is 6.45. The lowest BCUT2D eigenvalue weighted by atomic mass is 9.98. The highest BCUT2D eigenvalue weighted by molar-refractivity contribution is 5.81. The maximum absolute atomic E-state index is 12.3. The standard InChI is InChI=1S/C16H31N3O2/c1-13(16(20)18-9-4-10-21-2)19(15-6-7-15)12-14-5-3-8-17-11-14/h13-15,17H,3-12H2,1-2H3,(H,18,20). The molecule has 2 rings (SSSR count). The van der Waals surface area contributed by atoms with Crippen LogP contribution in [0.5, 0.6) is 0 Å². The van der Waals surface area contributed by atoms with Crippen molar-refractivity contribution < 1.29 is 9.53 Å². The molecule has 1 amide bonds. The van der Waals surface area contributed by atoms with Gasteiger partial charge < -0.3 is 15.4 Å². The molecule has 0 aromatic heterocycles. The minimum absolute atomic E-state index is 0.0121.